The second kappa shape index (κ2) is 6.42. The Hall–Kier alpha value is -1.76. The highest BCUT2D eigenvalue weighted by Gasteiger charge is 2.29. The van der Waals surface area contributed by atoms with Crippen LogP contribution in [0.25, 0.3) is 0 Å². The fourth-order valence-corrected chi connectivity index (χ4v) is 1.37. The van der Waals surface area contributed by atoms with Crippen LogP contribution in [0, 0.1) is 0 Å². The molecule has 7 heteroatoms. The van der Waals surface area contributed by atoms with Gasteiger partial charge in [0, 0.05) is 6.54 Å². The molecule has 19 heavy (non-hydrogen) atoms. The summed E-state index contributed by atoms with van der Waals surface area (Å²) in [7, 11) is 1.62. The second-order valence-corrected chi connectivity index (χ2v) is 4.00. The van der Waals surface area contributed by atoms with Gasteiger partial charge in [0.1, 0.15) is 12.4 Å². The number of rotatable bonds is 6. The molecule has 0 unspecified atom stereocenters. The Morgan fingerprint density at radius 3 is 2.37 bits per heavy atom. The number of benzene rings is 1. The highest BCUT2D eigenvalue weighted by atomic mass is 19.4. The molecule has 0 bridgehead atoms. The molecule has 4 nitrogen and oxygen atoms in total. The van der Waals surface area contributed by atoms with Crippen molar-refractivity contribution in [2.24, 2.45) is 0 Å². The molecule has 0 spiro atoms. The van der Waals surface area contributed by atoms with Crippen molar-refractivity contribution in [3.05, 3.63) is 29.8 Å². The van der Waals surface area contributed by atoms with Gasteiger partial charge in [-0.05, 0) is 31.3 Å². The molecule has 0 aliphatic carbocycles. The zero-order chi connectivity index (χ0) is 14.5. The minimum Gasteiger partial charge on any atom is -0.492 e. The van der Waals surface area contributed by atoms with E-state index in [4.69, 9.17) is 9.84 Å². The van der Waals surface area contributed by atoms with Gasteiger partial charge in [0.05, 0.1) is 12.1 Å². The van der Waals surface area contributed by atoms with Gasteiger partial charge < -0.3 is 9.84 Å². The van der Waals surface area contributed by atoms with Crippen LogP contribution in [0.1, 0.15) is 5.56 Å². The van der Waals surface area contributed by atoms with Crippen LogP contribution in [0.15, 0.2) is 24.3 Å². The lowest BCUT2D eigenvalue weighted by atomic mass is 10.2. The third-order valence-corrected chi connectivity index (χ3v) is 2.33. The van der Waals surface area contributed by atoms with E-state index >= 15 is 0 Å². The number of nitrogens with zero attached hydrogens (tertiary/aromatic N) is 1. The third kappa shape index (κ3) is 5.60. The molecule has 0 atom stereocenters. The first-order valence-corrected chi connectivity index (χ1v) is 5.49. The second-order valence-electron chi connectivity index (χ2n) is 4.00. The van der Waals surface area contributed by atoms with Gasteiger partial charge in [-0.1, -0.05) is 0 Å². The molecule has 0 heterocycles. The average Bonchev–Trinajstić information content (AvgIpc) is 2.27. The quantitative estimate of drug-likeness (QED) is 0.865. The zero-order valence-corrected chi connectivity index (χ0v) is 10.3. The Morgan fingerprint density at radius 1 is 1.32 bits per heavy atom. The van der Waals surface area contributed by atoms with Crippen molar-refractivity contribution in [2.75, 3.05) is 26.7 Å². The highest BCUT2D eigenvalue weighted by Crippen LogP contribution is 2.30. The number of carboxylic acids is 1. The van der Waals surface area contributed by atoms with E-state index in [0.717, 1.165) is 12.1 Å². The first-order chi connectivity index (χ1) is 8.79. The zero-order valence-electron chi connectivity index (χ0n) is 10.3. The summed E-state index contributed by atoms with van der Waals surface area (Å²) in [6.07, 6.45) is -4.36. The molecule has 106 valence electrons. The van der Waals surface area contributed by atoms with Crippen molar-refractivity contribution in [3.8, 4) is 5.75 Å². The van der Waals surface area contributed by atoms with E-state index in [1.165, 1.54) is 17.0 Å². The highest BCUT2D eigenvalue weighted by molar-refractivity contribution is 5.68. The Bertz CT molecular complexity index is 417. The van der Waals surface area contributed by atoms with Crippen LogP contribution < -0.4 is 4.74 Å². The van der Waals surface area contributed by atoms with Gasteiger partial charge in [0.25, 0.3) is 0 Å². The molecule has 0 radical (unpaired) electrons. The van der Waals surface area contributed by atoms with E-state index in [9.17, 15) is 18.0 Å². The number of carboxylic acid groups (broad SMARTS) is 1. The van der Waals surface area contributed by atoms with Crippen LogP contribution >= 0.6 is 0 Å². The Labute approximate surface area is 108 Å². The number of halogens is 3. The van der Waals surface area contributed by atoms with Gasteiger partial charge in [-0.2, -0.15) is 13.2 Å². The van der Waals surface area contributed by atoms with Gasteiger partial charge in [-0.25, -0.2) is 0 Å². The number of likely N-dealkylation sites (N-methyl/N-ethyl adjacent to an activating group) is 1. The third-order valence-electron chi connectivity index (χ3n) is 2.33. The SMILES string of the molecule is CN(CCOc1ccc(C(F)(F)F)cc1)CC(=O)O. The van der Waals surface area contributed by atoms with E-state index in [-0.39, 0.29) is 13.2 Å². The van der Waals surface area contributed by atoms with E-state index in [2.05, 4.69) is 0 Å². The van der Waals surface area contributed by atoms with Gasteiger partial charge in [0.15, 0.2) is 0 Å². The normalized spacial score (nSPS) is 11.6. The van der Waals surface area contributed by atoms with Crippen LogP contribution in [0.5, 0.6) is 5.75 Å². The van der Waals surface area contributed by atoms with Crippen molar-refractivity contribution in [2.45, 2.75) is 6.18 Å². The predicted molar refractivity (Wildman–Crippen MR) is 62.1 cm³/mol. The molecule has 0 fully saturated rings. The van der Waals surface area contributed by atoms with E-state index in [0.29, 0.717) is 12.3 Å². The van der Waals surface area contributed by atoms with E-state index in [1.807, 2.05) is 0 Å². The smallest absolute Gasteiger partial charge is 0.416 e. The topological polar surface area (TPSA) is 49.8 Å². The summed E-state index contributed by atoms with van der Waals surface area (Å²) in [6, 6.07) is 4.35. The van der Waals surface area contributed by atoms with E-state index < -0.39 is 17.7 Å². The van der Waals surface area contributed by atoms with E-state index in [1.54, 1.807) is 7.05 Å². The molecule has 1 N–H and O–H groups in total. The molecule has 0 saturated heterocycles. The molecule has 0 aliphatic heterocycles. The Balaban J connectivity index is 2.40. The van der Waals surface area contributed by atoms with Crippen molar-refractivity contribution in [1.82, 2.24) is 4.90 Å². The summed E-state index contributed by atoms with van der Waals surface area (Å²) < 4.78 is 42.1. The minimum atomic E-state index is -4.36. The van der Waals surface area contributed by atoms with Crippen LogP contribution in [0.4, 0.5) is 13.2 Å². The summed E-state index contributed by atoms with van der Waals surface area (Å²) in [5.74, 6) is -0.631. The molecule has 1 aromatic carbocycles. The maximum Gasteiger partial charge on any atom is 0.416 e. The number of hydrogen-bond donors (Lipinski definition) is 1. The first-order valence-electron chi connectivity index (χ1n) is 5.49. The van der Waals surface area contributed by atoms with Crippen LogP contribution in [-0.2, 0) is 11.0 Å². The average molecular weight is 277 g/mol. The van der Waals surface area contributed by atoms with Crippen molar-refractivity contribution in [3.63, 3.8) is 0 Å². The lowest BCUT2D eigenvalue weighted by Gasteiger charge is -2.14. The van der Waals surface area contributed by atoms with Crippen molar-refractivity contribution >= 4 is 5.97 Å². The van der Waals surface area contributed by atoms with Gasteiger partial charge >= 0.3 is 12.1 Å². The summed E-state index contributed by atoms with van der Waals surface area (Å²) in [4.78, 5) is 11.9. The predicted octanol–water partition coefficient (Wildman–Crippen LogP) is 2.10. The van der Waals surface area contributed by atoms with Crippen LogP contribution in [0.3, 0.4) is 0 Å². The van der Waals surface area contributed by atoms with Gasteiger partial charge in [-0.3, -0.25) is 9.69 Å². The summed E-state index contributed by atoms with van der Waals surface area (Å²) in [6.45, 7) is 0.457. The lowest BCUT2D eigenvalue weighted by molar-refractivity contribution is -0.138. The van der Waals surface area contributed by atoms with Crippen LogP contribution in [-0.4, -0.2) is 42.7 Å². The number of hydrogen-bond acceptors (Lipinski definition) is 3. The summed E-state index contributed by atoms with van der Waals surface area (Å²) >= 11 is 0. The number of aliphatic carboxylic acids is 1. The molecule has 0 aromatic heterocycles. The fourth-order valence-electron chi connectivity index (χ4n) is 1.37. The molecule has 0 aliphatic rings. The number of carbonyl (C=O) groups is 1. The molecule has 1 rings (SSSR count). The van der Waals surface area contributed by atoms with Gasteiger partial charge in [0.2, 0.25) is 0 Å². The number of ether oxygens (including phenoxy) is 1. The van der Waals surface area contributed by atoms with Gasteiger partial charge in [-0.15, -0.1) is 0 Å². The summed E-state index contributed by atoms with van der Waals surface area (Å²) in [5.41, 5.74) is -0.733. The summed E-state index contributed by atoms with van der Waals surface area (Å²) in [5, 5.41) is 8.52. The standard InChI is InChI=1S/C12H14F3NO3/c1-16(8-11(17)18)6-7-19-10-4-2-9(3-5-10)12(13,14)15/h2-5H,6-8H2,1H3,(H,17,18). The molecule has 0 amide bonds. The maximum absolute atomic E-state index is 12.3. The first kappa shape index (κ1) is 15.3. The largest absolute Gasteiger partial charge is 0.492 e. The Kier molecular flexibility index (Phi) is 5.17. The minimum absolute atomic E-state index is 0.115. The fraction of sp³-hybridized carbons (Fsp3) is 0.417. The molecular formula is C12H14F3NO3. The maximum atomic E-state index is 12.3. The monoisotopic (exact) mass is 277 g/mol. The van der Waals surface area contributed by atoms with Crippen LogP contribution in [0.2, 0.25) is 0 Å². The Morgan fingerprint density at radius 2 is 1.89 bits per heavy atom. The lowest BCUT2D eigenvalue weighted by Crippen LogP contribution is -2.29. The molecule has 1 aromatic rings. The molecule has 0 saturated carbocycles. The van der Waals surface area contributed by atoms with Crippen molar-refractivity contribution < 1.29 is 27.8 Å². The van der Waals surface area contributed by atoms with Crippen molar-refractivity contribution in [1.29, 1.82) is 0 Å². The molecular weight excluding hydrogens is 263 g/mol. The number of alkyl halides is 3.